The van der Waals surface area contributed by atoms with Crippen molar-refractivity contribution >= 4 is 16.8 Å². The Morgan fingerprint density at radius 2 is 1.61 bits per heavy atom. The molecule has 2 heterocycles. The Kier molecular flexibility index (Phi) is 8.44. The van der Waals surface area contributed by atoms with E-state index in [1.54, 1.807) is 0 Å². The van der Waals surface area contributed by atoms with Gasteiger partial charge in [-0.05, 0) is 73.5 Å². The minimum Gasteiger partial charge on any atom is -0.492 e. The van der Waals surface area contributed by atoms with Crippen molar-refractivity contribution in [2.45, 2.75) is 39.2 Å². The summed E-state index contributed by atoms with van der Waals surface area (Å²) in [5, 5.41) is 1.33. The maximum Gasteiger partial charge on any atom is 0.253 e. The lowest BCUT2D eigenvalue weighted by Crippen LogP contribution is -2.37. The fraction of sp³-hybridized carbons (Fsp3) is 0.364. The summed E-state index contributed by atoms with van der Waals surface area (Å²) in [7, 11) is 0. The monoisotopic (exact) mass is 509 g/mol. The van der Waals surface area contributed by atoms with Crippen LogP contribution in [0.25, 0.3) is 10.9 Å². The Morgan fingerprint density at radius 1 is 0.895 bits per heavy atom. The van der Waals surface area contributed by atoms with Crippen molar-refractivity contribution in [3.05, 3.63) is 102 Å². The van der Waals surface area contributed by atoms with Gasteiger partial charge in [0.15, 0.2) is 0 Å². The van der Waals surface area contributed by atoms with Gasteiger partial charge in [0.1, 0.15) is 12.4 Å². The summed E-state index contributed by atoms with van der Waals surface area (Å²) in [6, 6.07) is 27.8. The van der Waals surface area contributed by atoms with Gasteiger partial charge < -0.3 is 14.2 Å². The number of nitrogens with zero attached hydrogens (tertiary/aromatic N) is 3. The van der Waals surface area contributed by atoms with Crippen molar-refractivity contribution in [1.29, 1.82) is 0 Å². The van der Waals surface area contributed by atoms with E-state index in [1.807, 2.05) is 36.9 Å². The van der Waals surface area contributed by atoms with Crippen LogP contribution in [-0.4, -0.2) is 59.6 Å². The fourth-order valence-corrected chi connectivity index (χ4v) is 5.60. The van der Waals surface area contributed by atoms with Crippen LogP contribution in [0.1, 0.15) is 54.2 Å². The normalized spacial score (nSPS) is 14.6. The van der Waals surface area contributed by atoms with Gasteiger partial charge >= 0.3 is 0 Å². The number of para-hydroxylation sites is 2. The number of ether oxygens (including phenoxy) is 1. The second-order valence-corrected chi connectivity index (χ2v) is 10.2. The molecule has 4 aromatic rings. The third kappa shape index (κ3) is 5.94. The summed E-state index contributed by atoms with van der Waals surface area (Å²) in [5.74, 6) is 1.04. The molecule has 5 heteroatoms. The quantitative estimate of drug-likeness (QED) is 0.247. The zero-order valence-corrected chi connectivity index (χ0v) is 22.7. The highest BCUT2D eigenvalue weighted by Gasteiger charge is 2.21. The minimum atomic E-state index is 0.0935. The molecule has 0 atom stereocenters. The number of hydrogen-bond acceptors (Lipinski definition) is 3. The van der Waals surface area contributed by atoms with E-state index in [0.717, 1.165) is 50.5 Å². The van der Waals surface area contributed by atoms with Crippen LogP contribution < -0.4 is 4.74 Å². The number of rotatable bonds is 10. The van der Waals surface area contributed by atoms with Gasteiger partial charge in [-0.3, -0.25) is 9.69 Å². The SMILES string of the molecule is CCN(CC)C(=O)c1ccc(Cc2ccccc2OCCN2CCC(n3ccc4ccccc43)CC2)cc1. The van der Waals surface area contributed by atoms with E-state index < -0.39 is 0 Å². The first-order valence-corrected chi connectivity index (χ1v) is 14.0. The third-order valence-corrected chi connectivity index (χ3v) is 7.86. The van der Waals surface area contributed by atoms with E-state index in [0.29, 0.717) is 12.6 Å². The van der Waals surface area contributed by atoms with Crippen molar-refractivity contribution in [2.24, 2.45) is 0 Å². The molecule has 38 heavy (non-hydrogen) atoms. The zero-order chi connectivity index (χ0) is 26.3. The molecule has 1 aromatic heterocycles. The van der Waals surface area contributed by atoms with Crippen LogP contribution in [-0.2, 0) is 6.42 Å². The maximum atomic E-state index is 12.6. The lowest BCUT2D eigenvalue weighted by molar-refractivity contribution is 0.0773. The van der Waals surface area contributed by atoms with Crippen LogP contribution in [0, 0.1) is 0 Å². The Bertz CT molecular complexity index is 1330. The number of benzene rings is 3. The molecule has 1 saturated heterocycles. The zero-order valence-electron chi connectivity index (χ0n) is 22.7. The van der Waals surface area contributed by atoms with Gasteiger partial charge in [0.2, 0.25) is 0 Å². The Morgan fingerprint density at radius 3 is 2.37 bits per heavy atom. The van der Waals surface area contributed by atoms with Gasteiger partial charge in [-0.25, -0.2) is 0 Å². The van der Waals surface area contributed by atoms with Gasteiger partial charge in [-0.1, -0.05) is 48.5 Å². The molecule has 0 bridgehead atoms. The van der Waals surface area contributed by atoms with E-state index in [-0.39, 0.29) is 5.91 Å². The molecule has 0 saturated carbocycles. The first kappa shape index (κ1) is 26.1. The maximum absolute atomic E-state index is 12.6. The highest BCUT2D eigenvalue weighted by atomic mass is 16.5. The summed E-state index contributed by atoms with van der Waals surface area (Å²) < 4.78 is 8.75. The number of aromatic nitrogens is 1. The number of carbonyl (C=O) groups is 1. The van der Waals surface area contributed by atoms with Crippen molar-refractivity contribution in [3.63, 3.8) is 0 Å². The molecule has 1 amide bonds. The van der Waals surface area contributed by atoms with E-state index in [9.17, 15) is 4.79 Å². The molecule has 0 radical (unpaired) electrons. The lowest BCUT2D eigenvalue weighted by Gasteiger charge is -2.33. The Labute approximate surface area is 226 Å². The number of piperidine rings is 1. The molecule has 5 rings (SSSR count). The molecule has 5 nitrogen and oxygen atoms in total. The summed E-state index contributed by atoms with van der Waals surface area (Å²) >= 11 is 0. The number of hydrogen-bond donors (Lipinski definition) is 0. The van der Waals surface area contributed by atoms with Crippen LogP contribution in [0.4, 0.5) is 0 Å². The molecular weight excluding hydrogens is 470 g/mol. The highest BCUT2D eigenvalue weighted by Crippen LogP contribution is 2.28. The van der Waals surface area contributed by atoms with Gasteiger partial charge in [0.25, 0.3) is 5.91 Å². The molecule has 1 fully saturated rings. The number of amides is 1. The second kappa shape index (κ2) is 12.3. The molecule has 0 N–H and O–H groups in total. The predicted octanol–water partition coefficient (Wildman–Crippen LogP) is 6.43. The van der Waals surface area contributed by atoms with Gasteiger partial charge in [0, 0.05) is 62.5 Å². The number of carbonyl (C=O) groups excluding carboxylic acids is 1. The van der Waals surface area contributed by atoms with E-state index in [2.05, 4.69) is 76.3 Å². The fourth-order valence-electron chi connectivity index (χ4n) is 5.60. The average Bonchev–Trinajstić information content (AvgIpc) is 3.40. The number of fused-ring (bicyclic) bond motifs is 1. The average molecular weight is 510 g/mol. The molecule has 198 valence electrons. The molecule has 0 spiro atoms. The standard InChI is InChI=1S/C33H39N3O2/c1-3-35(4-2)33(37)28-15-13-26(14-16-28)25-29-10-6-8-12-32(29)38-24-23-34-20-18-30(19-21-34)36-22-17-27-9-5-7-11-31(27)36/h5-17,22,30H,3-4,18-21,23-25H2,1-2H3. The molecule has 1 aliphatic heterocycles. The molecule has 0 aliphatic carbocycles. The third-order valence-electron chi connectivity index (χ3n) is 7.86. The first-order valence-electron chi connectivity index (χ1n) is 14.0. The minimum absolute atomic E-state index is 0.0935. The van der Waals surface area contributed by atoms with Crippen molar-refractivity contribution in [3.8, 4) is 5.75 Å². The smallest absolute Gasteiger partial charge is 0.253 e. The van der Waals surface area contributed by atoms with Crippen LogP contribution in [0.15, 0.2) is 85.1 Å². The predicted molar refractivity (Wildman–Crippen MR) is 155 cm³/mol. The molecule has 1 aliphatic rings. The lowest BCUT2D eigenvalue weighted by atomic mass is 10.0. The molecule has 0 unspecified atom stereocenters. The van der Waals surface area contributed by atoms with Crippen molar-refractivity contribution < 1.29 is 9.53 Å². The van der Waals surface area contributed by atoms with E-state index in [4.69, 9.17) is 4.74 Å². The summed E-state index contributed by atoms with van der Waals surface area (Å²) in [6.45, 7) is 9.30. The van der Waals surface area contributed by atoms with Crippen LogP contribution in [0.5, 0.6) is 5.75 Å². The van der Waals surface area contributed by atoms with Gasteiger partial charge in [-0.2, -0.15) is 0 Å². The summed E-state index contributed by atoms with van der Waals surface area (Å²) in [4.78, 5) is 17.0. The van der Waals surface area contributed by atoms with Crippen LogP contribution >= 0.6 is 0 Å². The van der Waals surface area contributed by atoms with Gasteiger partial charge in [0.05, 0.1) is 0 Å². The van der Waals surface area contributed by atoms with Crippen molar-refractivity contribution in [2.75, 3.05) is 39.3 Å². The molecule has 3 aromatic carbocycles. The summed E-state index contributed by atoms with van der Waals surface area (Å²) in [5.41, 5.74) is 4.44. The largest absolute Gasteiger partial charge is 0.492 e. The second-order valence-electron chi connectivity index (χ2n) is 10.2. The Balaban J connectivity index is 1.12. The van der Waals surface area contributed by atoms with E-state index >= 15 is 0 Å². The number of likely N-dealkylation sites (tertiary alicyclic amines) is 1. The van der Waals surface area contributed by atoms with E-state index in [1.165, 1.54) is 34.9 Å². The van der Waals surface area contributed by atoms with Crippen molar-refractivity contribution in [1.82, 2.24) is 14.4 Å². The molecular formula is C33H39N3O2. The topological polar surface area (TPSA) is 37.7 Å². The van der Waals surface area contributed by atoms with Crippen LogP contribution in [0.3, 0.4) is 0 Å². The Hall–Kier alpha value is -3.57. The highest BCUT2D eigenvalue weighted by molar-refractivity contribution is 5.94. The first-order chi connectivity index (χ1) is 18.7. The van der Waals surface area contributed by atoms with Crippen LogP contribution in [0.2, 0.25) is 0 Å². The van der Waals surface area contributed by atoms with Gasteiger partial charge in [-0.15, -0.1) is 0 Å². The summed E-state index contributed by atoms with van der Waals surface area (Å²) in [6.07, 6.45) is 5.37.